The average Bonchev–Trinajstić information content (AvgIpc) is 2.92. The van der Waals surface area contributed by atoms with Crippen LogP contribution in [0, 0.1) is 0 Å². The van der Waals surface area contributed by atoms with E-state index < -0.39 is 0 Å². The van der Waals surface area contributed by atoms with E-state index in [4.69, 9.17) is 10.6 Å². The number of hydrogen-bond donors (Lipinski definition) is 1. The number of para-hydroxylation sites is 1. The van der Waals surface area contributed by atoms with Crippen LogP contribution in [-0.4, -0.2) is 12.4 Å². The first-order valence-electron chi connectivity index (χ1n) is 6.93. The smallest absolute Gasteiger partial charge is 0.199 e. The van der Waals surface area contributed by atoms with E-state index in [1.165, 1.54) is 5.56 Å². The maximum Gasteiger partial charge on any atom is 0.199 e. The number of anilines is 2. The molecular weight excluding hydrogens is 262 g/mol. The van der Waals surface area contributed by atoms with Crippen LogP contribution in [0.25, 0.3) is 0 Å². The van der Waals surface area contributed by atoms with E-state index in [2.05, 4.69) is 17.1 Å². The Balaban J connectivity index is 1.69. The number of rotatable bonds is 2. The Morgan fingerprint density at radius 1 is 1.05 bits per heavy atom. The monoisotopic (exact) mass is 277 g/mol. The molecule has 0 spiro atoms. The highest BCUT2D eigenvalue weighted by atomic mass is 16.5. The summed E-state index contributed by atoms with van der Waals surface area (Å²) in [5.41, 5.74) is 3.00. The molecule has 2 aliphatic heterocycles. The molecule has 2 unspecified atom stereocenters. The molecule has 0 fully saturated rings. The van der Waals surface area contributed by atoms with Crippen molar-refractivity contribution in [2.45, 2.75) is 12.1 Å². The molecule has 2 atom stereocenters. The van der Waals surface area contributed by atoms with Crippen molar-refractivity contribution in [2.75, 3.05) is 5.01 Å². The summed E-state index contributed by atoms with van der Waals surface area (Å²) >= 11 is 0. The predicted octanol–water partition coefficient (Wildman–Crippen LogP) is 3.14. The minimum absolute atomic E-state index is 0.136. The molecule has 0 amide bonds. The summed E-state index contributed by atoms with van der Waals surface area (Å²) in [6, 6.07) is 15.9. The first-order chi connectivity index (χ1) is 10.3. The van der Waals surface area contributed by atoms with E-state index in [9.17, 15) is 0 Å². The number of nitrogens with zero attached hydrogens (tertiary/aromatic N) is 2. The zero-order valence-electron chi connectivity index (χ0n) is 11.4. The Bertz CT molecular complexity index is 724. The van der Waals surface area contributed by atoms with Gasteiger partial charge in [0.1, 0.15) is 5.75 Å². The van der Waals surface area contributed by atoms with Gasteiger partial charge in [-0.1, -0.05) is 30.3 Å². The molecule has 0 aromatic heterocycles. The average molecular weight is 277 g/mol. The highest BCUT2D eigenvalue weighted by Gasteiger charge is 2.33. The van der Waals surface area contributed by atoms with Crippen LogP contribution in [0.1, 0.15) is 11.5 Å². The van der Waals surface area contributed by atoms with Gasteiger partial charge in [0, 0.05) is 17.8 Å². The summed E-state index contributed by atoms with van der Waals surface area (Å²) in [5, 5.41) is 1.66. The molecule has 0 saturated carbocycles. The summed E-state index contributed by atoms with van der Waals surface area (Å²) in [4.78, 5) is 4.36. The van der Waals surface area contributed by atoms with Crippen LogP contribution in [0.15, 0.2) is 65.7 Å². The van der Waals surface area contributed by atoms with Gasteiger partial charge >= 0.3 is 0 Å². The number of allylic oxidation sites excluding steroid dienone is 1. The Hall–Kier alpha value is -2.59. The highest BCUT2D eigenvalue weighted by Crippen LogP contribution is 2.42. The van der Waals surface area contributed by atoms with Gasteiger partial charge in [0.05, 0.1) is 17.3 Å². The van der Waals surface area contributed by atoms with Gasteiger partial charge in [-0.2, -0.15) is 0 Å². The molecule has 2 N–H and O–H groups in total. The quantitative estimate of drug-likeness (QED) is 0.677. The lowest BCUT2D eigenvalue weighted by Crippen LogP contribution is -2.24. The van der Waals surface area contributed by atoms with E-state index in [1.807, 2.05) is 48.5 Å². The first-order valence-corrected chi connectivity index (χ1v) is 6.93. The fourth-order valence-corrected chi connectivity index (χ4v) is 2.77. The number of hydrazine groups is 1. The molecule has 0 saturated heterocycles. The first kappa shape index (κ1) is 12.2. The second-order valence-electron chi connectivity index (χ2n) is 5.14. The second kappa shape index (κ2) is 4.75. The van der Waals surface area contributed by atoms with Crippen LogP contribution in [0.3, 0.4) is 0 Å². The van der Waals surface area contributed by atoms with Gasteiger partial charge in [0.25, 0.3) is 0 Å². The van der Waals surface area contributed by atoms with Crippen LogP contribution >= 0.6 is 0 Å². The molecule has 0 bridgehead atoms. The predicted molar refractivity (Wildman–Crippen MR) is 84.0 cm³/mol. The van der Waals surface area contributed by atoms with Gasteiger partial charge in [0.2, 0.25) is 0 Å². The Morgan fingerprint density at radius 2 is 1.90 bits per heavy atom. The van der Waals surface area contributed by atoms with Crippen LogP contribution in [0.2, 0.25) is 0 Å². The minimum Gasteiger partial charge on any atom is -0.467 e. The van der Waals surface area contributed by atoms with E-state index in [0.29, 0.717) is 0 Å². The molecule has 4 heteroatoms. The molecule has 2 aromatic rings. The maximum absolute atomic E-state index is 6.19. The summed E-state index contributed by atoms with van der Waals surface area (Å²) in [7, 11) is 0. The molecule has 0 aliphatic carbocycles. The molecule has 2 aromatic carbocycles. The van der Waals surface area contributed by atoms with Crippen molar-refractivity contribution in [1.29, 1.82) is 0 Å². The van der Waals surface area contributed by atoms with Gasteiger partial charge in [0.15, 0.2) is 6.23 Å². The van der Waals surface area contributed by atoms with Gasteiger partial charge in [-0.05, 0) is 24.3 Å². The van der Waals surface area contributed by atoms with Crippen molar-refractivity contribution >= 4 is 17.6 Å². The number of aliphatic imine (C=N–C) groups is 1. The number of dihydropyridines is 1. The van der Waals surface area contributed by atoms with Gasteiger partial charge in [-0.25, -0.2) is 10.8 Å². The van der Waals surface area contributed by atoms with Gasteiger partial charge < -0.3 is 4.74 Å². The third-order valence-electron chi connectivity index (χ3n) is 3.86. The molecule has 0 radical (unpaired) electrons. The summed E-state index contributed by atoms with van der Waals surface area (Å²) < 4.78 is 5.91. The fraction of sp³-hybridized carbons (Fsp3) is 0.118. The maximum atomic E-state index is 6.19. The van der Waals surface area contributed by atoms with E-state index in [1.54, 1.807) is 11.2 Å². The van der Waals surface area contributed by atoms with Crippen molar-refractivity contribution in [1.82, 2.24) is 0 Å². The second-order valence-corrected chi connectivity index (χ2v) is 5.14. The zero-order valence-corrected chi connectivity index (χ0v) is 11.4. The van der Waals surface area contributed by atoms with Crippen molar-refractivity contribution in [3.63, 3.8) is 0 Å². The normalized spacial score (nSPS) is 21.6. The fourth-order valence-electron chi connectivity index (χ4n) is 2.77. The van der Waals surface area contributed by atoms with E-state index in [-0.39, 0.29) is 12.1 Å². The van der Waals surface area contributed by atoms with Crippen LogP contribution in [0.4, 0.5) is 11.4 Å². The van der Waals surface area contributed by atoms with Crippen molar-refractivity contribution in [3.8, 4) is 5.75 Å². The Morgan fingerprint density at radius 3 is 2.76 bits per heavy atom. The summed E-state index contributed by atoms with van der Waals surface area (Å²) in [6.45, 7) is 0. The van der Waals surface area contributed by atoms with Crippen LogP contribution in [0.5, 0.6) is 5.75 Å². The lowest BCUT2D eigenvalue weighted by Gasteiger charge is -2.19. The van der Waals surface area contributed by atoms with Crippen molar-refractivity contribution in [3.05, 3.63) is 66.2 Å². The Labute approximate surface area is 123 Å². The topological polar surface area (TPSA) is 50.8 Å². The SMILES string of the molecule is NN(c1ccccc1)c1ccc2c(c1)OC1N=CC=CC21. The minimum atomic E-state index is -0.136. The van der Waals surface area contributed by atoms with E-state index >= 15 is 0 Å². The zero-order chi connectivity index (χ0) is 14.2. The number of hydrogen-bond acceptors (Lipinski definition) is 4. The molecular formula is C17H15N3O. The standard InChI is InChI=1S/C17H15N3O/c18-20(12-5-2-1-3-6-12)13-8-9-14-15-7-4-10-19-17(15)21-16(14)11-13/h1-11,15,17H,18H2. The van der Waals surface area contributed by atoms with Crippen molar-refractivity contribution in [2.24, 2.45) is 10.8 Å². The van der Waals surface area contributed by atoms with Gasteiger partial charge in [-0.15, -0.1) is 0 Å². The number of benzene rings is 2. The third-order valence-corrected chi connectivity index (χ3v) is 3.86. The molecule has 4 nitrogen and oxygen atoms in total. The van der Waals surface area contributed by atoms with Crippen LogP contribution < -0.4 is 15.6 Å². The number of fused-ring (bicyclic) bond motifs is 3. The molecule has 104 valence electrons. The van der Waals surface area contributed by atoms with Crippen molar-refractivity contribution < 1.29 is 4.74 Å². The largest absolute Gasteiger partial charge is 0.467 e. The lowest BCUT2D eigenvalue weighted by molar-refractivity contribution is 0.230. The molecule has 2 aliphatic rings. The number of ether oxygens (including phenoxy) is 1. The summed E-state index contributed by atoms with van der Waals surface area (Å²) in [5.74, 6) is 7.26. The highest BCUT2D eigenvalue weighted by molar-refractivity contribution is 5.74. The number of nitrogens with two attached hydrogens (primary N) is 1. The summed E-state index contributed by atoms with van der Waals surface area (Å²) in [6.07, 6.45) is 5.74. The third kappa shape index (κ3) is 2.00. The van der Waals surface area contributed by atoms with E-state index in [0.717, 1.165) is 17.1 Å². The molecule has 4 rings (SSSR count). The molecule has 2 heterocycles. The lowest BCUT2D eigenvalue weighted by atomic mass is 9.97. The van der Waals surface area contributed by atoms with Gasteiger partial charge in [-0.3, -0.25) is 5.01 Å². The van der Waals surface area contributed by atoms with Crippen LogP contribution in [-0.2, 0) is 0 Å². The molecule has 21 heavy (non-hydrogen) atoms. The Kier molecular flexibility index (Phi) is 2.75.